The van der Waals surface area contributed by atoms with Crippen LogP contribution in [0.3, 0.4) is 0 Å². The van der Waals surface area contributed by atoms with Crippen LogP contribution >= 0.6 is 0 Å². The molecule has 1 aromatic carbocycles. The van der Waals surface area contributed by atoms with E-state index in [0.717, 1.165) is 28.2 Å². The Morgan fingerprint density at radius 3 is 2.50 bits per heavy atom. The van der Waals surface area contributed by atoms with E-state index in [1.54, 1.807) is 36.1 Å². The number of piperidine rings is 1. The lowest BCUT2D eigenvalue weighted by molar-refractivity contribution is -0.145. The van der Waals surface area contributed by atoms with E-state index >= 15 is 0 Å². The summed E-state index contributed by atoms with van der Waals surface area (Å²) in [4.78, 5) is 53.2. The van der Waals surface area contributed by atoms with Gasteiger partial charge < -0.3 is 4.90 Å². The first-order chi connectivity index (χ1) is 12.4. The second-order valence-corrected chi connectivity index (χ2v) is 7.02. The highest BCUT2D eigenvalue weighted by molar-refractivity contribution is 6.45. The first-order valence-corrected chi connectivity index (χ1v) is 8.92. The van der Waals surface area contributed by atoms with Gasteiger partial charge in [-0.15, -0.1) is 0 Å². The average molecular weight is 357 g/mol. The monoisotopic (exact) mass is 357 g/mol. The Morgan fingerprint density at radius 2 is 1.85 bits per heavy atom. The summed E-state index contributed by atoms with van der Waals surface area (Å²) in [5.41, 5.74) is 0.750. The van der Waals surface area contributed by atoms with Gasteiger partial charge in [0.1, 0.15) is 6.54 Å². The van der Waals surface area contributed by atoms with Crippen molar-refractivity contribution in [3.63, 3.8) is 0 Å². The predicted molar refractivity (Wildman–Crippen MR) is 93.8 cm³/mol. The van der Waals surface area contributed by atoms with E-state index in [4.69, 9.17) is 0 Å². The molecule has 0 N–H and O–H groups in total. The molecule has 26 heavy (non-hydrogen) atoms. The molecule has 7 nitrogen and oxygen atoms in total. The summed E-state index contributed by atoms with van der Waals surface area (Å²) in [5.74, 6) is -1.71. The maximum atomic E-state index is 12.7. The first-order valence-electron chi connectivity index (χ1n) is 8.92. The van der Waals surface area contributed by atoms with Crippen LogP contribution in [0, 0.1) is 5.92 Å². The van der Waals surface area contributed by atoms with Crippen LogP contribution in [0.1, 0.15) is 38.3 Å². The van der Waals surface area contributed by atoms with Crippen molar-refractivity contribution in [2.24, 2.45) is 5.92 Å². The number of nitrogens with zero attached hydrogens (tertiary/aromatic N) is 3. The van der Waals surface area contributed by atoms with E-state index in [-0.39, 0.29) is 12.5 Å². The van der Waals surface area contributed by atoms with Crippen LogP contribution in [0.25, 0.3) is 0 Å². The fourth-order valence-electron chi connectivity index (χ4n) is 3.54. The van der Waals surface area contributed by atoms with Gasteiger partial charge in [0.15, 0.2) is 0 Å². The van der Waals surface area contributed by atoms with E-state index in [2.05, 4.69) is 6.92 Å². The highest BCUT2D eigenvalue weighted by Crippen LogP contribution is 2.26. The molecule has 138 valence electrons. The molecular weight excluding hydrogens is 334 g/mol. The third-order valence-electron chi connectivity index (χ3n) is 5.06. The molecule has 0 spiro atoms. The largest absolute Gasteiger partial charge is 0.341 e. The average Bonchev–Trinajstić information content (AvgIpc) is 2.85. The Labute approximate surface area is 152 Å². The Kier molecular flexibility index (Phi) is 5.06. The maximum Gasteiger partial charge on any atom is 0.335 e. The number of hydrogen-bond donors (Lipinski definition) is 0. The molecule has 2 unspecified atom stereocenters. The fourth-order valence-corrected chi connectivity index (χ4v) is 3.54. The molecule has 5 amide bonds. The molecular formula is C19H23N3O4. The molecule has 1 aromatic rings. The van der Waals surface area contributed by atoms with Crippen LogP contribution < -0.4 is 0 Å². The second-order valence-electron chi connectivity index (χ2n) is 7.02. The summed E-state index contributed by atoms with van der Waals surface area (Å²) >= 11 is 0. The van der Waals surface area contributed by atoms with Gasteiger partial charge in [0.2, 0.25) is 5.91 Å². The number of rotatable bonds is 4. The number of imide groups is 2. The van der Waals surface area contributed by atoms with E-state index in [1.807, 2.05) is 6.07 Å². The highest BCUT2D eigenvalue weighted by Gasteiger charge is 2.47. The van der Waals surface area contributed by atoms with Gasteiger partial charge in [0.25, 0.3) is 0 Å². The lowest BCUT2D eigenvalue weighted by Crippen LogP contribution is -2.46. The van der Waals surface area contributed by atoms with E-state index in [0.29, 0.717) is 19.0 Å². The normalized spacial score (nSPS) is 22.2. The first kappa shape index (κ1) is 18.1. The molecule has 2 fully saturated rings. The van der Waals surface area contributed by atoms with Gasteiger partial charge in [-0.05, 0) is 31.2 Å². The zero-order valence-electron chi connectivity index (χ0n) is 15.1. The standard InChI is InChI=1S/C19H23N3O4/c1-13-7-6-10-20(11-13)16(23)12-21-17(24)18(25)22(19(21)26)14(2)15-8-4-3-5-9-15/h3-5,8-9,13-14H,6-7,10-12H2,1-2H3. The molecule has 2 heterocycles. The van der Waals surface area contributed by atoms with E-state index in [9.17, 15) is 19.2 Å². The summed E-state index contributed by atoms with van der Waals surface area (Å²) in [6, 6.07) is 7.72. The zero-order valence-corrected chi connectivity index (χ0v) is 15.1. The number of carbonyl (C=O) groups is 4. The molecule has 2 saturated heterocycles. The van der Waals surface area contributed by atoms with Crippen LogP contribution in [0.4, 0.5) is 4.79 Å². The van der Waals surface area contributed by atoms with Crippen LogP contribution in [0.15, 0.2) is 30.3 Å². The van der Waals surface area contributed by atoms with Crippen molar-refractivity contribution in [1.29, 1.82) is 0 Å². The summed E-state index contributed by atoms with van der Waals surface area (Å²) < 4.78 is 0. The lowest BCUT2D eigenvalue weighted by atomic mass is 10.0. The summed E-state index contributed by atoms with van der Waals surface area (Å²) in [6.07, 6.45) is 1.97. The zero-order chi connectivity index (χ0) is 18.8. The molecule has 3 rings (SSSR count). The molecule has 0 saturated carbocycles. The molecule has 0 radical (unpaired) electrons. The van der Waals surface area contributed by atoms with Crippen LogP contribution in [0.5, 0.6) is 0 Å². The number of carbonyl (C=O) groups excluding carboxylic acids is 4. The summed E-state index contributed by atoms with van der Waals surface area (Å²) in [6.45, 7) is 4.62. The van der Waals surface area contributed by atoms with Crippen molar-refractivity contribution in [2.45, 2.75) is 32.7 Å². The fraction of sp³-hybridized carbons (Fsp3) is 0.474. The van der Waals surface area contributed by atoms with Crippen molar-refractivity contribution in [3.05, 3.63) is 35.9 Å². The van der Waals surface area contributed by atoms with Gasteiger partial charge in [-0.25, -0.2) is 14.6 Å². The molecule has 2 aliphatic heterocycles. The van der Waals surface area contributed by atoms with Crippen molar-refractivity contribution in [3.8, 4) is 0 Å². The van der Waals surface area contributed by atoms with Crippen LogP contribution in [-0.2, 0) is 14.4 Å². The smallest absolute Gasteiger partial charge is 0.335 e. The Hall–Kier alpha value is -2.70. The minimum Gasteiger partial charge on any atom is -0.341 e. The number of hydrogen-bond acceptors (Lipinski definition) is 4. The minimum atomic E-state index is -0.934. The minimum absolute atomic E-state index is 0.291. The molecule has 2 atom stereocenters. The van der Waals surface area contributed by atoms with E-state index in [1.165, 1.54) is 0 Å². The van der Waals surface area contributed by atoms with Gasteiger partial charge in [0, 0.05) is 13.1 Å². The van der Waals surface area contributed by atoms with Crippen LogP contribution in [-0.4, -0.2) is 58.1 Å². The third kappa shape index (κ3) is 3.34. The third-order valence-corrected chi connectivity index (χ3v) is 5.06. The quantitative estimate of drug-likeness (QED) is 0.608. The lowest BCUT2D eigenvalue weighted by Gasteiger charge is -2.31. The molecule has 0 bridgehead atoms. The SMILES string of the molecule is CC1CCCN(C(=O)CN2C(=O)C(=O)N(C(C)c3ccccc3)C2=O)C1. The Bertz CT molecular complexity index is 734. The number of likely N-dealkylation sites (tertiary alicyclic amines) is 1. The number of amides is 5. The van der Waals surface area contributed by atoms with Crippen molar-refractivity contribution >= 4 is 23.8 Å². The van der Waals surface area contributed by atoms with Crippen molar-refractivity contribution in [2.75, 3.05) is 19.6 Å². The van der Waals surface area contributed by atoms with Crippen LogP contribution in [0.2, 0.25) is 0 Å². The van der Waals surface area contributed by atoms with Gasteiger partial charge in [0.05, 0.1) is 6.04 Å². The molecule has 2 aliphatic rings. The maximum absolute atomic E-state index is 12.7. The highest BCUT2D eigenvalue weighted by atomic mass is 16.2. The van der Waals surface area contributed by atoms with E-state index < -0.39 is 23.9 Å². The van der Waals surface area contributed by atoms with Gasteiger partial charge in [-0.2, -0.15) is 0 Å². The molecule has 7 heteroatoms. The predicted octanol–water partition coefficient (Wildman–Crippen LogP) is 1.80. The molecule has 0 aromatic heterocycles. The topological polar surface area (TPSA) is 78.0 Å². The Morgan fingerprint density at radius 1 is 1.15 bits per heavy atom. The number of benzene rings is 1. The molecule has 0 aliphatic carbocycles. The second kappa shape index (κ2) is 7.27. The van der Waals surface area contributed by atoms with Gasteiger partial charge in [-0.1, -0.05) is 37.3 Å². The Balaban J connectivity index is 1.73. The van der Waals surface area contributed by atoms with Crippen molar-refractivity contribution < 1.29 is 19.2 Å². The summed E-state index contributed by atoms with van der Waals surface area (Å²) in [7, 11) is 0. The van der Waals surface area contributed by atoms with Crippen molar-refractivity contribution in [1.82, 2.24) is 14.7 Å². The number of urea groups is 1. The van der Waals surface area contributed by atoms with Gasteiger partial charge >= 0.3 is 17.8 Å². The van der Waals surface area contributed by atoms with Gasteiger partial charge in [-0.3, -0.25) is 14.4 Å². The summed E-state index contributed by atoms with van der Waals surface area (Å²) in [5, 5.41) is 0.